The van der Waals surface area contributed by atoms with E-state index in [9.17, 15) is 0 Å². The smallest absolute Gasteiger partial charge is 0.148 e. The van der Waals surface area contributed by atoms with Gasteiger partial charge < -0.3 is 5.32 Å². The number of aryl methyl sites for hydroxylation is 2. The Labute approximate surface area is 100.0 Å². The number of anilines is 2. The third-order valence-electron chi connectivity index (χ3n) is 2.38. The zero-order valence-electron chi connectivity index (χ0n) is 9.73. The number of rotatable bonds is 2. The van der Waals surface area contributed by atoms with Crippen LogP contribution >= 0.6 is 0 Å². The second-order valence-electron chi connectivity index (χ2n) is 3.78. The Hall–Kier alpha value is -2.41. The predicted octanol–water partition coefficient (Wildman–Crippen LogP) is 2.71. The molecule has 0 saturated carbocycles. The predicted molar refractivity (Wildman–Crippen MR) is 65.9 cm³/mol. The molecule has 0 saturated heterocycles. The van der Waals surface area contributed by atoms with Gasteiger partial charge in [-0.1, -0.05) is 0 Å². The minimum absolute atomic E-state index is 0.569. The maximum Gasteiger partial charge on any atom is 0.148 e. The van der Waals surface area contributed by atoms with Crippen molar-refractivity contribution in [2.75, 3.05) is 5.32 Å². The molecule has 17 heavy (non-hydrogen) atoms. The van der Waals surface area contributed by atoms with Crippen LogP contribution in [0.15, 0.2) is 30.6 Å². The summed E-state index contributed by atoms with van der Waals surface area (Å²) < 4.78 is 0. The molecule has 4 nitrogen and oxygen atoms in total. The number of hydrogen-bond donors (Lipinski definition) is 1. The average molecular weight is 224 g/mol. The van der Waals surface area contributed by atoms with Crippen LogP contribution in [0.25, 0.3) is 0 Å². The Morgan fingerprint density at radius 1 is 1.35 bits per heavy atom. The second-order valence-corrected chi connectivity index (χ2v) is 3.78. The number of aromatic nitrogens is 2. The molecule has 0 fully saturated rings. The van der Waals surface area contributed by atoms with Gasteiger partial charge in [-0.15, -0.1) is 0 Å². The normalized spacial score (nSPS) is 9.71. The topological polar surface area (TPSA) is 61.6 Å². The van der Waals surface area contributed by atoms with Gasteiger partial charge in [0.25, 0.3) is 0 Å². The maximum atomic E-state index is 9.12. The molecule has 2 heterocycles. The molecular formula is C13H12N4. The monoisotopic (exact) mass is 224 g/mol. The Morgan fingerprint density at radius 2 is 2.18 bits per heavy atom. The van der Waals surface area contributed by atoms with E-state index in [1.165, 1.54) is 0 Å². The zero-order valence-corrected chi connectivity index (χ0v) is 9.73. The molecule has 0 bridgehead atoms. The summed E-state index contributed by atoms with van der Waals surface area (Å²) in [5.74, 6) is 0.581. The van der Waals surface area contributed by atoms with Gasteiger partial charge in [0.15, 0.2) is 0 Å². The fourth-order valence-electron chi connectivity index (χ4n) is 1.64. The molecule has 2 aromatic rings. The van der Waals surface area contributed by atoms with Crippen LogP contribution in [0.4, 0.5) is 11.5 Å². The van der Waals surface area contributed by atoms with Crippen LogP contribution in [-0.4, -0.2) is 9.97 Å². The SMILES string of the molecule is Cc1cc(C)c(C#N)c(Nc2cccnc2)n1. The van der Waals surface area contributed by atoms with E-state index in [2.05, 4.69) is 21.4 Å². The molecule has 0 aromatic carbocycles. The molecule has 2 rings (SSSR count). The van der Waals surface area contributed by atoms with Gasteiger partial charge in [0.1, 0.15) is 11.9 Å². The Kier molecular flexibility index (Phi) is 3.01. The van der Waals surface area contributed by atoms with E-state index in [1.807, 2.05) is 32.0 Å². The van der Waals surface area contributed by atoms with E-state index in [-0.39, 0.29) is 0 Å². The van der Waals surface area contributed by atoms with Crippen molar-refractivity contribution < 1.29 is 0 Å². The van der Waals surface area contributed by atoms with Crippen LogP contribution in [-0.2, 0) is 0 Å². The van der Waals surface area contributed by atoms with E-state index in [0.29, 0.717) is 11.4 Å². The molecule has 0 radical (unpaired) electrons. The Balaban J connectivity index is 2.43. The summed E-state index contributed by atoms with van der Waals surface area (Å²) in [6.07, 6.45) is 3.39. The van der Waals surface area contributed by atoms with Gasteiger partial charge in [-0.2, -0.15) is 5.26 Å². The highest BCUT2D eigenvalue weighted by atomic mass is 15.0. The minimum atomic E-state index is 0.569. The number of hydrogen-bond acceptors (Lipinski definition) is 4. The highest BCUT2D eigenvalue weighted by Crippen LogP contribution is 2.21. The first-order valence-corrected chi connectivity index (χ1v) is 5.26. The van der Waals surface area contributed by atoms with Gasteiger partial charge in [-0.25, -0.2) is 4.98 Å². The maximum absolute atomic E-state index is 9.12. The lowest BCUT2D eigenvalue weighted by Gasteiger charge is -2.09. The highest BCUT2D eigenvalue weighted by molar-refractivity contribution is 5.64. The van der Waals surface area contributed by atoms with Gasteiger partial charge in [-0.3, -0.25) is 4.98 Å². The summed E-state index contributed by atoms with van der Waals surface area (Å²) >= 11 is 0. The third kappa shape index (κ3) is 2.40. The van der Waals surface area contributed by atoms with Gasteiger partial charge in [0, 0.05) is 11.9 Å². The van der Waals surface area contributed by atoms with Gasteiger partial charge >= 0.3 is 0 Å². The lowest BCUT2D eigenvalue weighted by Crippen LogP contribution is -2.00. The molecular weight excluding hydrogens is 212 g/mol. The van der Waals surface area contributed by atoms with Crippen molar-refractivity contribution >= 4 is 11.5 Å². The fraction of sp³-hybridized carbons (Fsp3) is 0.154. The largest absolute Gasteiger partial charge is 0.338 e. The van der Waals surface area contributed by atoms with Crippen LogP contribution in [0.3, 0.4) is 0 Å². The second kappa shape index (κ2) is 4.62. The molecule has 0 aliphatic rings. The molecule has 0 aliphatic heterocycles. The average Bonchev–Trinajstić information content (AvgIpc) is 2.30. The summed E-state index contributed by atoms with van der Waals surface area (Å²) in [4.78, 5) is 8.35. The van der Waals surface area contributed by atoms with Crippen molar-refractivity contribution in [3.63, 3.8) is 0 Å². The van der Waals surface area contributed by atoms with Crippen LogP contribution in [0.5, 0.6) is 0 Å². The first kappa shape index (κ1) is 11.1. The van der Waals surface area contributed by atoms with E-state index in [0.717, 1.165) is 16.9 Å². The third-order valence-corrected chi connectivity index (χ3v) is 2.38. The number of nitrogens with one attached hydrogen (secondary N) is 1. The minimum Gasteiger partial charge on any atom is -0.338 e. The van der Waals surface area contributed by atoms with Crippen LogP contribution in [0, 0.1) is 25.2 Å². The first-order chi connectivity index (χ1) is 8.20. The van der Waals surface area contributed by atoms with E-state index in [4.69, 9.17) is 5.26 Å². The first-order valence-electron chi connectivity index (χ1n) is 5.26. The lowest BCUT2D eigenvalue weighted by atomic mass is 10.1. The molecule has 0 aliphatic carbocycles. The van der Waals surface area contributed by atoms with Gasteiger partial charge in [0.05, 0.1) is 17.4 Å². The highest BCUT2D eigenvalue weighted by Gasteiger charge is 2.08. The van der Waals surface area contributed by atoms with Gasteiger partial charge in [-0.05, 0) is 37.6 Å². The van der Waals surface area contributed by atoms with E-state index >= 15 is 0 Å². The van der Waals surface area contributed by atoms with Crippen LogP contribution in [0.1, 0.15) is 16.8 Å². The molecule has 1 N–H and O–H groups in total. The molecule has 0 atom stereocenters. The van der Waals surface area contributed by atoms with E-state index in [1.54, 1.807) is 12.4 Å². The van der Waals surface area contributed by atoms with Gasteiger partial charge in [0.2, 0.25) is 0 Å². The summed E-state index contributed by atoms with van der Waals surface area (Å²) in [5, 5.41) is 12.2. The molecule has 84 valence electrons. The van der Waals surface area contributed by atoms with Crippen molar-refractivity contribution in [2.45, 2.75) is 13.8 Å². The fourth-order valence-corrected chi connectivity index (χ4v) is 1.64. The number of nitrogens with zero attached hydrogens (tertiary/aromatic N) is 3. The molecule has 2 aromatic heterocycles. The summed E-state index contributed by atoms with van der Waals surface area (Å²) in [7, 11) is 0. The van der Waals surface area contributed by atoms with Crippen molar-refractivity contribution in [1.29, 1.82) is 5.26 Å². The standard InChI is InChI=1S/C13H12N4/c1-9-6-10(2)16-13(12(9)7-14)17-11-4-3-5-15-8-11/h3-6,8H,1-2H3,(H,16,17). The number of nitriles is 1. The lowest BCUT2D eigenvalue weighted by molar-refractivity contribution is 1.16. The van der Waals surface area contributed by atoms with Crippen molar-refractivity contribution in [3.05, 3.63) is 47.4 Å². The van der Waals surface area contributed by atoms with Crippen molar-refractivity contribution in [3.8, 4) is 6.07 Å². The van der Waals surface area contributed by atoms with Crippen molar-refractivity contribution in [2.24, 2.45) is 0 Å². The van der Waals surface area contributed by atoms with Crippen LogP contribution in [0.2, 0.25) is 0 Å². The molecule has 0 unspecified atom stereocenters. The Bertz CT molecular complexity index is 570. The molecule has 0 spiro atoms. The zero-order chi connectivity index (χ0) is 12.3. The molecule has 4 heteroatoms. The number of pyridine rings is 2. The Morgan fingerprint density at radius 3 is 2.82 bits per heavy atom. The van der Waals surface area contributed by atoms with E-state index < -0.39 is 0 Å². The summed E-state index contributed by atoms with van der Waals surface area (Å²) in [6.45, 7) is 3.81. The quantitative estimate of drug-likeness (QED) is 0.851. The van der Waals surface area contributed by atoms with Crippen molar-refractivity contribution in [1.82, 2.24) is 9.97 Å². The van der Waals surface area contributed by atoms with Crippen LogP contribution < -0.4 is 5.32 Å². The summed E-state index contributed by atoms with van der Waals surface area (Å²) in [6, 6.07) is 7.77. The summed E-state index contributed by atoms with van der Waals surface area (Å²) in [5.41, 5.74) is 3.19. The molecule has 0 amide bonds.